The third-order valence-corrected chi connectivity index (χ3v) is 7.34. The number of hydrogen-bond donors (Lipinski definition) is 4. The van der Waals surface area contributed by atoms with Crippen molar-refractivity contribution in [2.75, 3.05) is 6.54 Å². The van der Waals surface area contributed by atoms with Crippen LogP contribution < -0.4 is 16.1 Å². The fraction of sp³-hybridized carbons (Fsp3) is 0.321. The van der Waals surface area contributed by atoms with Crippen LogP contribution in [0, 0.1) is 11.7 Å². The molecular weight excluding hydrogens is 573 g/mol. The SMILES string of the molecule is CC[C@H](C)[C@H](NC(=O)CN(Cc1ccc(F)cc1)C(=O)c1ccc(Cl)cc1)C(=O)N[C@@H](Cc1cscn1)C(=O)NO. The van der Waals surface area contributed by atoms with Crippen molar-refractivity contribution in [2.24, 2.45) is 5.92 Å². The van der Waals surface area contributed by atoms with E-state index in [0.29, 0.717) is 28.3 Å². The van der Waals surface area contributed by atoms with Crippen LogP contribution in [0.1, 0.15) is 41.9 Å². The van der Waals surface area contributed by atoms with E-state index >= 15 is 0 Å². The number of hydrogen-bond acceptors (Lipinski definition) is 7. The molecule has 218 valence electrons. The average molecular weight is 604 g/mol. The molecule has 3 rings (SSSR count). The lowest BCUT2D eigenvalue weighted by Crippen LogP contribution is -2.57. The summed E-state index contributed by atoms with van der Waals surface area (Å²) in [4.78, 5) is 57.6. The number of rotatable bonds is 13. The summed E-state index contributed by atoms with van der Waals surface area (Å²) in [6, 6.07) is 9.53. The van der Waals surface area contributed by atoms with Gasteiger partial charge in [0.2, 0.25) is 11.8 Å². The van der Waals surface area contributed by atoms with Gasteiger partial charge in [0.25, 0.3) is 11.8 Å². The van der Waals surface area contributed by atoms with E-state index in [2.05, 4.69) is 15.6 Å². The van der Waals surface area contributed by atoms with Gasteiger partial charge in [-0.3, -0.25) is 24.4 Å². The summed E-state index contributed by atoms with van der Waals surface area (Å²) >= 11 is 7.27. The van der Waals surface area contributed by atoms with Gasteiger partial charge < -0.3 is 15.5 Å². The molecule has 0 fully saturated rings. The Balaban J connectivity index is 1.78. The first-order chi connectivity index (χ1) is 19.6. The molecule has 1 heterocycles. The minimum absolute atomic E-state index is 0.00173. The van der Waals surface area contributed by atoms with E-state index in [1.165, 1.54) is 52.6 Å². The standard InChI is InChI=1S/C28H31ClFN5O5S/c1-3-17(2)25(27(38)32-23(26(37)34-40)12-22-15-41-16-31-22)33-24(36)14-35(13-18-4-10-21(30)11-5-18)28(39)19-6-8-20(29)9-7-19/h4-11,15-17,23,25,40H,3,12-14H2,1-2H3,(H,32,38)(H,33,36)(H,34,37)/t17-,23-,25-/m0/s1. The second kappa shape index (κ2) is 15.2. The molecule has 0 bridgehead atoms. The number of carbonyl (C=O) groups is 4. The van der Waals surface area contributed by atoms with Crippen LogP contribution in [-0.4, -0.2) is 57.3 Å². The number of hydroxylamine groups is 1. The summed E-state index contributed by atoms with van der Waals surface area (Å²) < 4.78 is 13.5. The van der Waals surface area contributed by atoms with E-state index < -0.39 is 48.1 Å². The number of carbonyl (C=O) groups excluding carboxylic acids is 4. The maximum absolute atomic E-state index is 13.5. The first-order valence-electron chi connectivity index (χ1n) is 12.8. The van der Waals surface area contributed by atoms with Crippen molar-refractivity contribution in [2.45, 2.75) is 45.3 Å². The van der Waals surface area contributed by atoms with Crippen LogP contribution in [-0.2, 0) is 27.3 Å². The molecule has 0 aliphatic rings. The summed E-state index contributed by atoms with van der Waals surface area (Å²) in [5, 5.41) is 16.6. The molecule has 0 saturated heterocycles. The molecular formula is C28H31ClFN5O5S. The number of benzene rings is 2. The molecule has 10 nitrogen and oxygen atoms in total. The maximum atomic E-state index is 13.5. The van der Waals surface area contributed by atoms with E-state index in [0.717, 1.165) is 0 Å². The average Bonchev–Trinajstić information content (AvgIpc) is 3.48. The summed E-state index contributed by atoms with van der Waals surface area (Å²) in [5.74, 6) is -3.32. The quantitative estimate of drug-likeness (QED) is 0.174. The van der Waals surface area contributed by atoms with Gasteiger partial charge in [0, 0.05) is 28.9 Å². The molecule has 13 heteroatoms. The molecule has 0 unspecified atom stereocenters. The molecule has 4 amide bonds. The molecule has 3 aromatic rings. The number of nitrogens with one attached hydrogen (secondary N) is 3. The zero-order chi connectivity index (χ0) is 29.9. The monoisotopic (exact) mass is 603 g/mol. The molecule has 1 aromatic heterocycles. The normalized spacial score (nSPS) is 13.0. The van der Waals surface area contributed by atoms with Gasteiger partial charge in [0.1, 0.15) is 24.4 Å². The largest absolute Gasteiger partial charge is 0.343 e. The van der Waals surface area contributed by atoms with Gasteiger partial charge in [-0.25, -0.2) is 14.9 Å². The van der Waals surface area contributed by atoms with E-state index in [9.17, 15) is 28.8 Å². The van der Waals surface area contributed by atoms with Gasteiger partial charge in [-0.2, -0.15) is 0 Å². The van der Waals surface area contributed by atoms with E-state index in [-0.39, 0.29) is 18.9 Å². The highest BCUT2D eigenvalue weighted by Crippen LogP contribution is 2.15. The second-order valence-corrected chi connectivity index (χ2v) is 10.6. The van der Waals surface area contributed by atoms with Crippen LogP contribution >= 0.6 is 22.9 Å². The van der Waals surface area contributed by atoms with Crippen molar-refractivity contribution in [1.29, 1.82) is 0 Å². The van der Waals surface area contributed by atoms with Crippen LogP contribution in [0.2, 0.25) is 5.02 Å². The van der Waals surface area contributed by atoms with Gasteiger partial charge >= 0.3 is 0 Å². The minimum atomic E-state index is -1.14. The van der Waals surface area contributed by atoms with E-state index in [4.69, 9.17) is 11.6 Å². The van der Waals surface area contributed by atoms with Crippen molar-refractivity contribution in [3.63, 3.8) is 0 Å². The van der Waals surface area contributed by atoms with Crippen LogP contribution in [0.3, 0.4) is 0 Å². The van der Waals surface area contributed by atoms with Crippen molar-refractivity contribution >= 4 is 46.6 Å². The lowest BCUT2D eigenvalue weighted by Gasteiger charge is -2.28. The summed E-state index contributed by atoms with van der Waals surface area (Å²) in [7, 11) is 0. The third-order valence-electron chi connectivity index (χ3n) is 6.45. The van der Waals surface area contributed by atoms with Crippen LogP contribution in [0.4, 0.5) is 4.39 Å². The fourth-order valence-electron chi connectivity index (χ4n) is 3.98. The highest BCUT2D eigenvalue weighted by molar-refractivity contribution is 7.07. The Hall–Kier alpha value is -3.87. The zero-order valence-corrected chi connectivity index (χ0v) is 24.0. The predicted octanol–water partition coefficient (Wildman–Crippen LogP) is 3.34. The minimum Gasteiger partial charge on any atom is -0.343 e. The maximum Gasteiger partial charge on any atom is 0.266 e. The molecule has 41 heavy (non-hydrogen) atoms. The van der Waals surface area contributed by atoms with Gasteiger partial charge in [-0.05, 0) is 47.9 Å². The number of aromatic nitrogens is 1. The fourth-order valence-corrected chi connectivity index (χ4v) is 4.67. The number of nitrogens with zero attached hydrogens (tertiary/aromatic N) is 2. The van der Waals surface area contributed by atoms with Gasteiger partial charge in [-0.15, -0.1) is 11.3 Å². The molecule has 2 aromatic carbocycles. The molecule has 4 N–H and O–H groups in total. The van der Waals surface area contributed by atoms with E-state index in [1.54, 1.807) is 35.4 Å². The van der Waals surface area contributed by atoms with Crippen molar-refractivity contribution in [3.05, 3.63) is 87.1 Å². The summed E-state index contributed by atoms with van der Waals surface area (Å²) in [5.41, 5.74) is 4.56. The molecule has 0 aliphatic heterocycles. The van der Waals surface area contributed by atoms with Gasteiger partial charge in [-0.1, -0.05) is 44.0 Å². The molecule has 3 atom stereocenters. The second-order valence-electron chi connectivity index (χ2n) is 9.45. The predicted molar refractivity (Wildman–Crippen MR) is 152 cm³/mol. The number of amides is 4. The number of halogens is 2. The van der Waals surface area contributed by atoms with Crippen LogP contribution in [0.5, 0.6) is 0 Å². The van der Waals surface area contributed by atoms with Gasteiger partial charge in [0.15, 0.2) is 0 Å². The smallest absolute Gasteiger partial charge is 0.266 e. The Bertz CT molecular complexity index is 1320. The molecule has 0 radical (unpaired) electrons. The van der Waals surface area contributed by atoms with Gasteiger partial charge in [0.05, 0.1) is 11.2 Å². The molecule has 0 aliphatic carbocycles. The van der Waals surface area contributed by atoms with Crippen LogP contribution in [0.25, 0.3) is 0 Å². The highest BCUT2D eigenvalue weighted by Gasteiger charge is 2.31. The first kappa shape index (κ1) is 31.7. The number of thiazole rings is 1. The Morgan fingerprint density at radius 2 is 1.73 bits per heavy atom. The topological polar surface area (TPSA) is 141 Å². The Morgan fingerprint density at radius 3 is 2.32 bits per heavy atom. The highest BCUT2D eigenvalue weighted by atomic mass is 35.5. The van der Waals surface area contributed by atoms with Crippen molar-refractivity contribution in [3.8, 4) is 0 Å². The lowest BCUT2D eigenvalue weighted by molar-refractivity contribution is -0.136. The summed E-state index contributed by atoms with van der Waals surface area (Å²) in [6.45, 7) is 3.20. The Morgan fingerprint density at radius 1 is 1.05 bits per heavy atom. The third kappa shape index (κ3) is 9.34. The molecule has 0 saturated carbocycles. The van der Waals surface area contributed by atoms with Crippen molar-refractivity contribution < 1.29 is 28.8 Å². The lowest BCUT2D eigenvalue weighted by atomic mass is 9.97. The first-order valence-corrected chi connectivity index (χ1v) is 14.1. The van der Waals surface area contributed by atoms with E-state index in [1.807, 2.05) is 6.92 Å². The zero-order valence-electron chi connectivity index (χ0n) is 22.5. The Labute approximate surface area is 245 Å². The van der Waals surface area contributed by atoms with Crippen LogP contribution in [0.15, 0.2) is 59.4 Å². The molecule has 0 spiro atoms. The summed E-state index contributed by atoms with van der Waals surface area (Å²) in [6.07, 6.45) is 0.550. The Kier molecular flexibility index (Phi) is 11.7. The van der Waals surface area contributed by atoms with Crippen molar-refractivity contribution in [1.82, 2.24) is 26.0 Å².